The highest BCUT2D eigenvalue weighted by Gasteiger charge is 2.09. The van der Waals surface area contributed by atoms with Crippen LogP contribution in [0.25, 0.3) is 0 Å². The highest BCUT2D eigenvalue weighted by Crippen LogP contribution is 2.25. The first-order chi connectivity index (χ1) is 9.97. The van der Waals surface area contributed by atoms with E-state index in [0.717, 1.165) is 15.6 Å². The minimum absolute atomic E-state index is 0.0144. The Morgan fingerprint density at radius 2 is 1.90 bits per heavy atom. The Balaban J connectivity index is 2.04. The fourth-order valence-electron chi connectivity index (χ4n) is 1.86. The predicted molar refractivity (Wildman–Crippen MR) is 84.3 cm³/mol. The van der Waals surface area contributed by atoms with Crippen molar-refractivity contribution in [1.29, 1.82) is 0 Å². The van der Waals surface area contributed by atoms with E-state index in [1.54, 1.807) is 12.1 Å². The summed E-state index contributed by atoms with van der Waals surface area (Å²) in [6, 6.07) is 11.6. The number of nitrogens with zero attached hydrogens (tertiary/aromatic N) is 1. The van der Waals surface area contributed by atoms with Crippen LogP contribution in [0.4, 0.5) is 11.4 Å². The zero-order chi connectivity index (χ0) is 15.4. The Hall–Kier alpha value is -2.21. The molecule has 1 N–H and O–H groups in total. The molecule has 108 valence electrons. The van der Waals surface area contributed by atoms with Crippen LogP contribution in [0, 0.1) is 17.0 Å². The molecular weight excluding hydrogens is 336 g/mol. The molecule has 0 fully saturated rings. The first-order valence-electron chi connectivity index (χ1n) is 6.25. The van der Waals surface area contributed by atoms with Crippen molar-refractivity contribution in [1.82, 2.24) is 0 Å². The van der Waals surface area contributed by atoms with Crippen molar-refractivity contribution in [2.75, 3.05) is 5.32 Å². The molecule has 1 amide bonds. The smallest absolute Gasteiger partial charge is 0.269 e. The molecule has 0 spiro atoms. The van der Waals surface area contributed by atoms with Gasteiger partial charge in [0.15, 0.2) is 0 Å². The average Bonchev–Trinajstić information content (AvgIpc) is 2.44. The molecule has 0 aromatic heterocycles. The van der Waals surface area contributed by atoms with Gasteiger partial charge in [0.05, 0.1) is 17.0 Å². The molecule has 0 aliphatic carbocycles. The van der Waals surface area contributed by atoms with E-state index in [-0.39, 0.29) is 18.0 Å². The standard InChI is InChI=1S/C15H13BrN2O3/c1-10-3-2-4-13(15(10)16)17-14(19)9-11-5-7-12(8-6-11)18(20)21/h2-8H,9H2,1H3,(H,17,19). The van der Waals surface area contributed by atoms with Crippen molar-refractivity contribution in [2.24, 2.45) is 0 Å². The normalized spacial score (nSPS) is 10.2. The maximum absolute atomic E-state index is 12.0. The number of nitro benzene ring substituents is 1. The van der Waals surface area contributed by atoms with Gasteiger partial charge >= 0.3 is 0 Å². The van der Waals surface area contributed by atoms with Crippen molar-refractivity contribution in [3.05, 3.63) is 68.2 Å². The van der Waals surface area contributed by atoms with Crippen LogP contribution < -0.4 is 5.32 Å². The Morgan fingerprint density at radius 1 is 1.24 bits per heavy atom. The second-order valence-corrected chi connectivity index (χ2v) is 5.38. The van der Waals surface area contributed by atoms with Crippen LogP contribution in [0.2, 0.25) is 0 Å². The van der Waals surface area contributed by atoms with Gasteiger partial charge in [0.2, 0.25) is 5.91 Å². The minimum atomic E-state index is -0.465. The van der Waals surface area contributed by atoms with Gasteiger partial charge in [-0.25, -0.2) is 0 Å². The summed E-state index contributed by atoms with van der Waals surface area (Å²) in [5.41, 5.74) is 2.48. The number of aryl methyl sites for hydroxylation is 1. The van der Waals surface area contributed by atoms with Crippen molar-refractivity contribution in [3.63, 3.8) is 0 Å². The van der Waals surface area contributed by atoms with Gasteiger partial charge in [0, 0.05) is 16.6 Å². The number of rotatable bonds is 4. The Bertz CT molecular complexity index is 684. The zero-order valence-corrected chi connectivity index (χ0v) is 12.9. The molecule has 0 bridgehead atoms. The molecular formula is C15H13BrN2O3. The molecule has 0 saturated heterocycles. The van der Waals surface area contributed by atoms with E-state index in [9.17, 15) is 14.9 Å². The van der Waals surface area contributed by atoms with Gasteiger partial charge in [0.1, 0.15) is 0 Å². The number of non-ortho nitro benzene ring substituents is 1. The lowest BCUT2D eigenvalue weighted by Crippen LogP contribution is -2.14. The average molecular weight is 349 g/mol. The second-order valence-electron chi connectivity index (χ2n) is 4.58. The maximum Gasteiger partial charge on any atom is 0.269 e. The van der Waals surface area contributed by atoms with Crippen LogP contribution in [0.5, 0.6) is 0 Å². The number of carbonyl (C=O) groups excluding carboxylic acids is 1. The van der Waals surface area contributed by atoms with Gasteiger partial charge in [-0.15, -0.1) is 0 Å². The summed E-state index contributed by atoms with van der Waals surface area (Å²) < 4.78 is 0.849. The number of hydrogen-bond acceptors (Lipinski definition) is 3. The van der Waals surface area contributed by atoms with Crippen LogP contribution in [0.1, 0.15) is 11.1 Å². The molecule has 6 heteroatoms. The number of anilines is 1. The van der Waals surface area contributed by atoms with E-state index < -0.39 is 4.92 Å². The van der Waals surface area contributed by atoms with Crippen molar-refractivity contribution < 1.29 is 9.72 Å². The summed E-state index contributed by atoms with van der Waals surface area (Å²) in [6.07, 6.45) is 0.165. The first-order valence-corrected chi connectivity index (χ1v) is 7.05. The number of hydrogen-bond donors (Lipinski definition) is 1. The molecule has 0 aliphatic heterocycles. The molecule has 2 aromatic rings. The van der Waals surface area contributed by atoms with Crippen molar-refractivity contribution in [3.8, 4) is 0 Å². The highest BCUT2D eigenvalue weighted by atomic mass is 79.9. The molecule has 2 rings (SSSR count). The van der Waals surface area contributed by atoms with Crippen LogP contribution in [0.3, 0.4) is 0 Å². The van der Waals surface area contributed by atoms with Gasteiger partial charge in [-0.1, -0.05) is 24.3 Å². The van der Waals surface area contributed by atoms with E-state index >= 15 is 0 Å². The zero-order valence-electron chi connectivity index (χ0n) is 11.3. The van der Waals surface area contributed by atoms with Crippen molar-refractivity contribution in [2.45, 2.75) is 13.3 Å². The second kappa shape index (κ2) is 6.49. The molecule has 0 saturated carbocycles. The molecule has 2 aromatic carbocycles. The molecule has 0 radical (unpaired) electrons. The lowest BCUT2D eigenvalue weighted by atomic mass is 10.1. The fourth-order valence-corrected chi connectivity index (χ4v) is 2.22. The molecule has 0 unspecified atom stereocenters. The Kier molecular flexibility index (Phi) is 4.70. The summed E-state index contributed by atoms with van der Waals surface area (Å²) in [5, 5.41) is 13.4. The summed E-state index contributed by atoms with van der Waals surface area (Å²) in [6.45, 7) is 1.94. The number of carbonyl (C=O) groups is 1. The van der Waals surface area contributed by atoms with E-state index in [0.29, 0.717) is 5.69 Å². The number of nitro groups is 1. The summed E-state index contributed by atoms with van der Waals surface area (Å²) in [4.78, 5) is 22.1. The maximum atomic E-state index is 12.0. The molecule has 0 atom stereocenters. The monoisotopic (exact) mass is 348 g/mol. The largest absolute Gasteiger partial charge is 0.325 e. The van der Waals surface area contributed by atoms with Crippen LogP contribution in [-0.4, -0.2) is 10.8 Å². The molecule has 5 nitrogen and oxygen atoms in total. The fraction of sp³-hybridized carbons (Fsp3) is 0.133. The number of benzene rings is 2. The quantitative estimate of drug-likeness (QED) is 0.673. The third kappa shape index (κ3) is 3.88. The first kappa shape index (κ1) is 15.2. The predicted octanol–water partition coefficient (Wildman–Crippen LogP) is 3.85. The summed E-state index contributed by atoms with van der Waals surface area (Å²) in [5.74, 6) is -0.171. The SMILES string of the molecule is Cc1cccc(NC(=O)Cc2ccc([N+](=O)[O-])cc2)c1Br. The summed E-state index contributed by atoms with van der Waals surface area (Å²) in [7, 11) is 0. The number of nitrogens with one attached hydrogen (secondary N) is 1. The van der Waals surface area contributed by atoms with E-state index in [2.05, 4.69) is 21.2 Å². The molecule has 0 heterocycles. The summed E-state index contributed by atoms with van der Waals surface area (Å²) >= 11 is 3.43. The van der Waals surface area contributed by atoms with Crippen LogP contribution in [-0.2, 0) is 11.2 Å². The Morgan fingerprint density at radius 3 is 2.52 bits per heavy atom. The number of halogens is 1. The number of amides is 1. The van der Waals surface area contributed by atoms with Gasteiger partial charge in [0.25, 0.3) is 5.69 Å². The topological polar surface area (TPSA) is 72.2 Å². The van der Waals surface area contributed by atoms with Gasteiger partial charge < -0.3 is 5.32 Å². The minimum Gasteiger partial charge on any atom is -0.325 e. The third-order valence-corrected chi connectivity index (χ3v) is 4.03. The van der Waals surface area contributed by atoms with Gasteiger partial charge in [-0.2, -0.15) is 0 Å². The third-order valence-electron chi connectivity index (χ3n) is 2.98. The van der Waals surface area contributed by atoms with Crippen LogP contribution in [0.15, 0.2) is 46.9 Å². The highest BCUT2D eigenvalue weighted by molar-refractivity contribution is 9.10. The van der Waals surface area contributed by atoms with E-state index in [4.69, 9.17) is 0 Å². The van der Waals surface area contributed by atoms with Crippen molar-refractivity contribution >= 4 is 33.2 Å². The van der Waals surface area contributed by atoms with E-state index in [1.165, 1.54) is 12.1 Å². The van der Waals surface area contributed by atoms with Crippen LogP contribution >= 0.6 is 15.9 Å². The Labute approximate surface area is 130 Å². The van der Waals surface area contributed by atoms with E-state index in [1.807, 2.05) is 25.1 Å². The lowest BCUT2D eigenvalue weighted by molar-refractivity contribution is -0.384. The molecule has 0 aliphatic rings. The molecule has 21 heavy (non-hydrogen) atoms. The van der Waals surface area contributed by atoms with Gasteiger partial charge in [-0.05, 0) is 40.0 Å². The lowest BCUT2D eigenvalue weighted by Gasteiger charge is -2.09. The van der Waals surface area contributed by atoms with Gasteiger partial charge in [-0.3, -0.25) is 14.9 Å².